The zero-order valence-electron chi connectivity index (χ0n) is 4.96. The zero-order valence-corrected chi connectivity index (χ0v) is 5.77. The van der Waals surface area contributed by atoms with Crippen molar-refractivity contribution in [2.24, 2.45) is 0 Å². The second kappa shape index (κ2) is 2.46. The third kappa shape index (κ3) is 2.28. The average molecular weight is 138 g/mol. The van der Waals surface area contributed by atoms with Gasteiger partial charge in [0.15, 0.2) is 0 Å². The van der Waals surface area contributed by atoms with Crippen LogP contribution < -0.4 is 0 Å². The molecule has 1 atom stereocenters. The van der Waals surface area contributed by atoms with Crippen LogP contribution in [0.3, 0.4) is 0 Å². The molecule has 0 saturated heterocycles. The van der Waals surface area contributed by atoms with E-state index in [4.69, 9.17) is 4.55 Å². The van der Waals surface area contributed by atoms with Gasteiger partial charge in [0, 0.05) is 0 Å². The molecule has 0 fully saturated rings. The van der Waals surface area contributed by atoms with Crippen LogP contribution in [0.15, 0.2) is 0 Å². The van der Waals surface area contributed by atoms with Crippen molar-refractivity contribution in [1.29, 1.82) is 0 Å². The van der Waals surface area contributed by atoms with Crippen molar-refractivity contribution in [2.45, 2.75) is 25.5 Å². The molecule has 1 N–H and O–H groups in total. The summed E-state index contributed by atoms with van der Waals surface area (Å²) in [6, 6.07) is 0. The molecule has 0 saturated carbocycles. The third-order valence-electron chi connectivity index (χ3n) is 1.08. The van der Waals surface area contributed by atoms with E-state index in [1.165, 1.54) is 6.92 Å². The maximum Gasteiger partial charge on any atom is 0.267 e. The first-order chi connectivity index (χ1) is 3.48. The zero-order chi connectivity index (χ0) is 6.78. The lowest BCUT2D eigenvalue weighted by molar-refractivity contribution is 0.468. The van der Waals surface area contributed by atoms with Gasteiger partial charge in [-0.05, 0) is 13.3 Å². The lowest BCUT2D eigenvalue weighted by atomic mass is 10.4. The average Bonchev–Trinajstić information content (AvgIpc) is 1.62. The second-order valence-electron chi connectivity index (χ2n) is 1.73. The van der Waals surface area contributed by atoms with Gasteiger partial charge in [-0.1, -0.05) is 6.92 Å². The van der Waals surface area contributed by atoms with Crippen molar-refractivity contribution in [3.8, 4) is 0 Å². The Hall–Kier alpha value is -0.0900. The van der Waals surface area contributed by atoms with E-state index in [1.54, 1.807) is 6.92 Å². The molecule has 0 aromatic rings. The van der Waals surface area contributed by atoms with Gasteiger partial charge in [-0.2, -0.15) is 8.42 Å². The van der Waals surface area contributed by atoms with Crippen LogP contribution in [0.5, 0.6) is 0 Å². The summed E-state index contributed by atoms with van der Waals surface area (Å²) in [6.45, 7) is 3.17. The minimum Gasteiger partial charge on any atom is -0.285 e. The molecule has 4 heteroatoms. The highest BCUT2D eigenvalue weighted by atomic mass is 32.2. The van der Waals surface area contributed by atoms with Crippen molar-refractivity contribution < 1.29 is 13.0 Å². The smallest absolute Gasteiger partial charge is 0.267 e. The van der Waals surface area contributed by atoms with E-state index in [0.717, 1.165) is 0 Å². The van der Waals surface area contributed by atoms with Crippen LogP contribution in [0.1, 0.15) is 20.3 Å². The molecule has 0 aliphatic rings. The van der Waals surface area contributed by atoms with Gasteiger partial charge in [0.2, 0.25) is 0 Å². The van der Waals surface area contributed by atoms with Gasteiger partial charge in [0.25, 0.3) is 10.1 Å². The standard InChI is InChI=1S/C4H10O3S/c1-3-4(2)8(5,6)7/h4H,3H2,1-2H3,(H,5,6,7). The SMILES string of the molecule is CCC(C)S(=O)(=O)O. The molecule has 0 bridgehead atoms. The monoisotopic (exact) mass is 138 g/mol. The van der Waals surface area contributed by atoms with Gasteiger partial charge in [0.1, 0.15) is 0 Å². The summed E-state index contributed by atoms with van der Waals surface area (Å²) in [5.74, 6) is 0. The third-order valence-corrected chi connectivity index (χ3v) is 2.43. The summed E-state index contributed by atoms with van der Waals surface area (Å²) in [5, 5.41) is -0.623. The van der Waals surface area contributed by atoms with Crippen molar-refractivity contribution in [1.82, 2.24) is 0 Å². The van der Waals surface area contributed by atoms with Gasteiger partial charge in [-0.25, -0.2) is 0 Å². The summed E-state index contributed by atoms with van der Waals surface area (Å²) in [4.78, 5) is 0. The van der Waals surface area contributed by atoms with Gasteiger partial charge < -0.3 is 0 Å². The van der Waals surface area contributed by atoms with E-state index in [-0.39, 0.29) is 0 Å². The Balaban J connectivity index is 4.04. The first-order valence-electron chi connectivity index (χ1n) is 2.44. The molecular weight excluding hydrogens is 128 g/mol. The summed E-state index contributed by atoms with van der Waals surface area (Å²) in [7, 11) is -3.75. The molecule has 0 aliphatic carbocycles. The summed E-state index contributed by atoms with van der Waals surface area (Å²) < 4.78 is 28.5. The van der Waals surface area contributed by atoms with Crippen LogP contribution in [0.25, 0.3) is 0 Å². The van der Waals surface area contributed by atoms with E-state index in [2.05, 4.69) is 0 Å². The summed E-state index contributed by atoms with van der Waals surface area (Å²) >= 11 is 0. The van der Waals surface area contributed by atoms with Gasteiger partial charge in [-0.3, -0.25) is 4.55 Å². The van der Waals surface area contributed by atoms with Crippen LogP contribution in [0, 0.1) is 0 Å². The maximum atomic E-state index is 10.1. The van der Waals surface area contributed by atoms with Crippen molar-refractivity contribution in [3.05, 3.63) is 0 Å². The minimum absolute atomic E-state index is 0.457. The van der Waals surface area contributed by atoms with Gasteiger partial charge >= 0.3 is 0 Å². The summed E-state index contributed by atoms with van der Waals surface area (Å²) in [6.07, 6.45) is 0.457. The number of rotatable bonds is 2. The van der Waals surface area contributed by atoms with Crippen molar-refractivity contribution in [2.75, 3.05) is 0 Å². The molecule has 0 amide bonds. The van der Waals surface area contributed by atoms with E-state index >= 15 is 0 Å². The molecule has 0 aromatic heterocycles. The van der Waals surface area contributed by atoms with Crippen LogP contribution in [0.4, 0.5) is 0 Å². The Morgan fingerprint density at radius 2 is 2.00 bits per heavy atom. The molecule has 8 heavy (non-hydrogen) atoms. The predicted octanol–water partition coefficient (Wildman–Crippen LogP) is 0.673. The molecule has 0 radical (unpaired) electrons. The fraction of sp³-hybridized carbons (Fsp3) is 1.00. The van der Waals surface area contributed by atoms with E-state index in [9.17, 15) is 8.42 Å². The first-order valence-corrected chi connectivity index (χ1v) is 3.95. The normalized spacial score (nSPS) is 15.9. The van der Waals surface area contributed by atoms with Gasteiger partial charge in [0.05, 0.1) is 5.25 Å². The molecule has 50 valence electrons. The Bertz CT molecular complexity index is 147. The van der Waals surface area contributed by atoms with E-state index in [0.29, 0.717) is 6.42 Å². The molecule has 1 unspecified atom stereocenters. The quantitative estimate of drug-likeness (QED) is 0.571. The van der Waals surface area contributed by atoms with E-state index < -0.39 is 15.4 Å². The molecule has 3 nitrogen and oxygen atoms in total. The van der Waals surface area contributed by atoms with Crippen molar-refractivity contribution >= 4 is 10.1 Å². The molecular formula is C4H10O3S. The highest BCUT2D eigenvalue weighted by Crippen LogP contribution is 1.99. The number of hydrogen-bond acceptors (Lipinski definition) is 2. The summed E-state index contributed by atoms with van der Waals surface area (Å²) in [5.41, 5.74) is 0. The molecule has 0 aromatic carbocycles. The van der Waals surface area contributed by atoms with Crippen LogP contribution >= 0.6 is 0 Å². The van der Waals surface area contributed by atoms with E-state index in [1.807, 2.05) is 0 Å². The minimum atomic E-state index is -3.75. The largest absolute Gasteiger partial charge is 0.285 e. The van der Waals surface area contributed by atoms with Crippen LogP contribution in [0.2, 0.25) is 0 Å². The lowest BCUT2D eigenvalue weighted by Gasteiger charge is -2.00. The molecule has 0 spiro atoms. The Labute approximate surface area is 49.5 Å². The lowest BCUT2D eigenvalue weighted by Crippen LogP contribution is -2.14. The first kappa shape index (κ1) is 7.91. The Morgan fingerprint density at radius 1 is 1.62 bits per heavy atom. The number of hydrogen-bond donors (Lipinski definition) is 1. The second-order valence-corrected chi connectivity index (χ2v) is 3.57. The fourth-order valence-electron chi connectivity index (χ4n) is 0.211. The van der Waals surface area contributed by atoms with Crippen LogP contribution in [-0.4, -0.2) is 18.2 Å². The van der Waals surface area contributed by atoms with Crippen LogP contribution in [-0.2, 0) is 10.1 Å². The topological polar surface area (TPSA) is 54.4 Å². The van der Waals surface area contributed by atoms with Gasteiger partial charge in [-0.15, -0.1) is 0 Å². The Kier molecular flexibility index (Phi) is 2.43. The molecule has 0 heterocycles. The fourth-order valence-corrected chi connectivity index (χ4v) is 0.632. The highest BCUT2D eigenvalue weighted by Gasteiger charge is 2.13. The molecule has 0 aliphatic heterocycles. The molecule has 0 rings (SSSR count). The maximum absolute atomic E-state index is 10.1. The highest BCUT2D eigenvalue weighted by molar-refractivity contribution is 7.86. The predicted molar refractivity (Wildman–Crippen MR) is 31.3 cm³/mol. The van der Waals surface area contributed by atoms with Crippen molar-refractivity contribution in [3.63, 3.8) is 0 Å². The Morgan fingerprint density at radius 3 is 2.00 bits per heavy atom.